The first-order valence-corrected chi connectivity index (χ1v) is 5.65. The maximum Gasteiger partial charge on any atom is 3.00 e. The first-order valence-electron chi connectivity index (χ1n) is 5.65. The predicted octanol–water partition coefficient (Wildman–Crippen LogP) is -1.96. The van der Waals surface area contributed by atoms with Gasteiger partial charge in [-0.25, -0.2) is 11.6 Å². The molecule has 0 unspecified atom stereocenters. The summed E-state index contributed by atoms with van der Waals surface area (Å²) in [5, 5.41) is 0. The molecule has 0 heterocycles. The SMILES string of the molecule is CCC1(C2=[C-]CC=C2)CCCCC1.[Cl-].[Cl-].[Zr+3]. The standard InChI is InChI=1S/C13H19.2ClH.Zr/c1-2-13(10-6-3-7-11-13)12-8-4-5-9-12;;;/h4,8H,2-3,5-7,10-11H2,1H3;2*1H;/q-1;;;+3/p-2. The Morgan fingerprint density at radius 1 is 1.19 bits per heavy atom. The van der Waals surface area contributed by atoms with Crippen molar-refractivity contribution in [3.63, 3.8) is 0 Å². The van der Waals surface area contributed by atoms with Crippen LogP contribution in [-0.2, 0) is 26.2 Å². The molecule has 1 radical (unpaired) electrons. The maximum absolute atomic E-state index is 3.52. The van der Waals surface area contributed by atoms with Gasteiger partial charge in [0, 0.05) is 0 Å². The number of allylic oxidation sites excluding steroid dienone is 4. The van der Waals surface area contributed by atoms with Crippen molar-refractivity contribution in [3.05, 3.63) is 23.8 Å². The van der Waals surface area contributed by atoms with Crippen molar-refractivity contribution in [2.24, 2.45) is 5.41 Å². The molecule has 0 N–H and O–H groups in total. The molecule has 0 amide bonds. The molecular formula is C13H19Cl2Zr. The molecule has 0 aromatic heterocycles. The minimum atomic E-state index is 0. The number of rotatable bonds is 2. The molecule has 0 atom stereocenters. The van der Waals surface area contributed by atoms with Crippen LogP contribution in [0, 0.1) is 11.5 Å². The van der Waals surface area contributed by atoms with E-state index in [0.717, 1.165) is 6.42 Å². The second-order valence-corrected chi connectivity index (χ2v) is 4.39. The van der Waals surface area contributed by atoms with Crippen molar-refractivity contribution in [2.45, 2.75) is 51.9 Å². The first-order chi connectivity index (χ1) is 6.37. The third-order valence-corrected chi connectivity index (χ3v) is 3.75. The van der Waals surface area contributed by atoms with Gasteiger partial charge in [0.1, 0.15) is 0 Å². The first kappa shape index (κ1) is 19.3. The van der Waals surface area contributed by atoms with Crippen LogP contribution in [0.25, 0.3) is 0 Å². The average Bonchev–Trinajstić information content (AvgIpc) is 2.72. The second-order valence-electron chi connectivity index (χ2n) is 4.39. The summed E-state index contributed by atoms with van der Waals surface area (Å²) >= 11 is 0. The van der Waals surface area contributed by atoms with E-state index in [4.69, 9.17) is 0 Å². The largest absolute Gasteiger partial charge is 3.00 e. The minimum Gasteiger partial charge on any atom is -1.00 e. The van der Waals surface area contributed by atoms with E-state index in [1.165, 1.54) is 44.1 Å². The Kier molecular flexibility index (Phi) is 10.8. The Balaban J connectivity index is 0. The Labute approximate surface area is 131 Å². The maximum atomic E-state index is 3.52. The summed E-state index contributed by atoms with van der Waals surface area (Å²) in [5.41, 5.74) is 2.04. The quantitative estimate of drug-likeness (QED) is 0.514. The monoisotopic (exact) mass is 335 g/mol. The fourth-order valence-electron chi connectivity index (χ4n) is 2.81. The number of hydrogen-bond donors (Lipinski definition) is 0. The van der Waals surface area contributed by atoms with Gasteiger partial charge in [0.15, 0.2) is 0 Å². The fourth-order valence-corrected chi connectivity index (χ4v) is 2.81. The van der Waals surface area contributed by atoms with Crippen LogP contribution in [-0.4, -0.2) is 0 Å². The van der Waals surface area contributed by atoms with Crippen LogP contribution < -0.4 is 24.8 Å². The van der Waals surface area contributed by atoms with Crippen molar-refractivity contribution < 1.29 is 51.0 Å². The van der Waals surface area contributed by atoms with E-state index in [-0.39, 0.29) is 51.0 Å². The topological polar surface area (TPSA) is 0 Å². The molecule has 0 spiro atoms. The number of hydrogen-bond acceptors (Lipinski definition) is 0. The van der Waals surface area contributed by atoms with Gasteiger partial charge in [-0.1, -0.05) is 26.2 Å². The molecule has 2 aliphatic rings. The van der Waals surface area contributed by atoms with Crippen molar-refractivity contribution >= 4 is 0 Å². The normalized spacial score (nSPS) is 21.2. The van der Waals surface area contributed by atoms with E-state index >= 15 is 0 Å². The summed E-state index contributed by atoms with van der Waals surface area (Å²) in [6, 6.07) is 0. The van der Waals surface area contributed by atoms with Gasteiger partial charge in [0.2, 0.25) is 0 Å². The van der Waals surface area contributed by atoms with Crippen molar-refractivity contribution in [2.75, 3.05) is 0 Å². The number of halogens is 2. The van der Waals surface area contributed by atoms with Gasteiger partial charge in [0.25, 0.3) is 0 Å². The summed E-state index contributed by atoms with van der Waals surface area (Å²) in [7, 11) is 0. The molecule has 89 valence electrons. The van der Waals surface area contributed by atoms with E-state index < -0.39 is 0 Å². The van der Waals surface area contributed by atoms with Gasteiger partial charge in [-0.05, 0) is 24.7 Å². The molecule has 2 rings (SSSR count). The zero-order chi connectivity index (χ0) is 9.15. The van der Waals surface area contributed by atoms with Gasteiger partial charge in [0.05, 0.1) is 0 Å². The van der Waals surface area contributed by atoms with E-state index in [1.54, 1.807) is 0 Å². The van der Waals surface area contributed by atoms with E-state index in [9.17, 15) is 0 Å². The predicted molar refractivity (Wildman–Crippen MR) is 56.3 cm³/mol. The van der Waals surface area contributed by atoms with Gasteiger partial charge >= 0.3 is 26.2 Å². The van der Waals surface area contributed by atoms with Crippen LogP contribution in [0.1, 0.15) is 51.9 Å². The van der Waals surface area contributed by atoms with E-state index in [2.05, 4.69) is 25.2 Å². The molecule has 0 nitrogen and oxygen atoms in total. The third kappa shape index (κ3) is 4.00. The summed E-state index contributed by atoms with van der Waals surface area (Å²) in [5.74, 6) is 0. The third-order valence-electron chi connectivity index (χ3n) is 3.75. The Morgan fingerprint density at radius 3 is 2.25 bits per heavy atom. The van der Waals surface area contributed by atoms with Crippen LogP contribution in [0.5, 0.6) is 0 Å². The van der Waals surface area contributed by atoms with Crippen LogP contribution in [0.3, 0.4) is 0 Å². The molecule has 0 bridgehead atoms. The van der Waals surface area contributed by atoms with Crippen molar-refractivity contribution in [1.82, 2.24) is 0 Å². The summed E-state index contributed by atoms with van der Waals surface area (Å²) < 4.78 is 0. The zero-order valence-electron chi connectivity index (χ0n) is 9.86. The Morgan fingerprint density at radius 2 is 1.81 bits per heavy atom. The van der Waals surface area contributed by atoms with Gasteiger partial charge in [-0.2, -0.15) is 6.08 Å². The summed E-state index contributed by atoms with van der Waals surface area (Å²) in [4.78, 5) is 0. The Hall–Kier alpha value is 0.943. The molecule has 1 fully saturated rings. The average molecular weight is 337 g/mol. The molecular weight excluding hydrogens is 318 g/mol. The van der Waals surface area contributed by atoms with Crippen LogP contribution in [0.4, 0.5) is 0 Å². The van der Waals surface area contributed by atoms with E-state index in [0.29, 0.717) is 5.41 Å². The molecule has 0 aromatic rings. The Bertz CT molecular complexity index is 240. The summed E-state index contributed by atoms with van der Waals surface area (Å²) in [6.45, 7) is 2.34. The van der Waals surface area contributed by atoms with Crippen molar-refractivity contribution in [1.29, 1.82) is 0 Å². The van der Waals surface area contributed by atoms with Crippen molar-refractivity contribution in [3.8, 4) is 0 Å². The van der Waals surface area contributed by atoms with Crippen LogP contribution in [0.15, 0.2) is 17.7 Å². The molecule has 0 aromatic carbocycles. The molecule has 1 saturated carbocycles. The second kappa shape index (κ2) is 8.95. The van der Waals surface area contributed by atoms with Gasteiger partial charge in [-0.3, -0.25) is 6.08 Å². The van der Waals surface area contributed by atoms with Gasteiger partial charge < -0.3 is 24.8 Å². The molecule has 0 aliphatic heterocycles. The molecule has 3 heteroatoms. The fraction of sp³-hybridized carbons (Fsp3) is 0.692. The minimum absolute atomic E-state index is 0. The van der Waals surface area contributed by atoms with E-state index in [1.807, 2.05) is 0 Å². The molecule has 16 heavy (non-hydrogen) atoms. The van der Waals surface area contributed by atoms with Crippen LogP contribution in [0.2, 0.25) is 0 Å². The molecule has 2 aliphatic carbocycles. The summed E-state index contributed by atoms with van der Waals surface area (Å²) in [6.07, 6.45) is 17.5. The zero-order valence-corrected chi connectivity index (χ0v) is 13.8. The molecule has 0 saturated heterocycles. The smallest absolute Gasteiger partial charge is 1.00 e. The van der Waals surface area contributed by atoms with Gasteiger partial charge in [-0.15, -0.1) is 6.42 Å². The van der Waals surface area contributed by atoms with Crippen LogP contribution >= 0.6 is 0 Å².